The Morgan fingerprint density at radius 2 is 1.68 bits per heavy atom. The molecule has 4 nitrogen and oxygen atoms in total. The molecule has 0 radical (unpaired) electrons. The fourth-order valence-corrected chi connectivity index (χ4v) is 6.66. The largest absolute Gasteiger partial charge is 0.466 e. The Labute approximate surface area is 147 Å². The van der Waals surface area contributed by atoms with E-state index in [0.29, 0.717) is 17.9 Å². The van der Waals surface area contributed by atoms with Crippen molar-refractivity contribution >= 4 is 15.8 Å². The summed E-state index contributed by atoms with van der Waals surface area (Å²) in [6.07, 6.45) is 0.475. The highest BCUT2D eigenvalue weighted by atomic mass is 32.2. The smallest absolute Gasteiger partial charge is 0.310 e. The van der Waals surface area contributed by atoms with Crippen LogP contribution in [-0.4, -0.2) is 26.2 Å². The predicted molar refractivity (Wildman–Crippen MR) is 93.8 cm³/mol. The molecule has 130 valence electrons. The Kier molecular flexibility index (Phi) is 3.72. The maximum atomic E-state index is 13.0. The van der Waals surface area contributed by atoms with Crippen LogP contribution < -0.4 is 0 Å². The third kappa shape index (κ3) is 2.25. The fraction of sp³-hybridized carbons (Fsp3) is 0.350. The van der Waals surface area contributed by atoms with Crippen molar-refractivity contribution in [2.24, 2.45) is 11.8 Å². The lowest BCUT2D eigenvalue weighted by atomic mass is 9.78. The Morgan fingerprint density at radius 1 is 1.08 bits per heavy atom. The van der Waals surface area contributed by atoms with E-state index in [0.717, 1.165) is 5.56 Å². The summed E-state index contributed by atoms with van der Waals surface area (Å²) in [6, 6.07) is 18.3. The van der Waals surface area contributed by atoms with Gasteiger partial charge in [0.2, 0.25) is 0 Å². The third-order valence-corrected chi connectivity index (χ3v) is 7.85. The van der Waals surface area contributed by atoms with Crippen molar-refractivity contribution in [3.05, 3.63) is 66.2 Å². The molecular weight excluding hydrogens is 336 g/mol. The van der Waals surface area contributed by atoms with Crippen LogP contribution in [0.15, 0.2) is 65.6 Å². The number of fused-ring (bicyclic) bond motifs is 1. The first-order chi connectivity index (χ1) is 12.0. The van der Waals surface area contributed by atoms with Crippen LogP contribution in [0, 0.1) is 11.8 Å². The number of hydrogen-bond acceptors (Lipinski definition) is 4. The van der Waals surface area contributed by atoms with E-state index in [1.54, 1.807) is 37.3 Å². The lowest BCUT2D eigenvalue weighted by Crippen LogP contribution is -2.40. The van der Waals surface area contributed by atoms with Crippen molar-refractivity contribution < 1.29 is 17.9 Å². The molecule has 2 aromatic carbocycles. The fourth-order valence-electron chi connectivity index (χ4n) is 4.49. The van der Waals surface area contributed by atoms with E-state index < -0.39 is 15.1 Å². The van der Waals surface area contributed by atoms with E-state index in [-0.39, 0.29) is 23.2 Å². The quantitative estimate of drug-likeness (QED) is 0.773. The summed E-state index contributed by atoms with van der Waals surface area (Å²) in [6.45, 7) is 2.08. The Bertz CT molecular complexity index is 892. The van der Waals surface area contributed by atoms with Crippen LogP contribution in [0.25, 0.3) is 0 Å². The van der Waals surface area contributed by atoms with Gasteiger partial charge in [0.25, 0.3) is 0 Å². The topological polar surface area (TPSA) is 60.4 Å². The van der Waals surface area contributed by atoms with Crippen LogP contribution in [0.1, 0.15) is 18.9 Å². The lowest BCUT2D eigenvalue weighted by molar-refractivity contribution is -0.145. The van der Waals surface area contributed by atoms with Crippen LogP contribution in [0.4, 0.5) is 0 Å². The zero-order valence-electron chi connectivity index (χ0n) is 14.0. The molecule has 5 heteroatoms. The van der Waals surface area contributed by atoms with Gasteiger partial charge >= 0.3 is 5.97 Å². The number of rotatable bonds is 5. The summed E-state index contributed by atoms with van der Waals surface area (Å²) in [5.41, 5.74) is 0.664. The van der Waals surface area contributed by atoms with Crippen LogP contribution in [0.2, 0.25) is 0 Å². The van der Waals surface area contributed by atoms with Crippen molar-refractivity contribution in [2.45, 2.75) is 28.9 Å². The van der Waals surface area contributed by atoms with Gasteiger partial charge in [-0.2, -0.15) is 0 Å². The molecule has 1 unspecified atom stereocenters. The van der Waals surface area contributed by atoms with Crippen LogP contribution in [-0.2, 0) is 24.8 Å². The number of carbonyl (C=O) groups excluding carboxylic acids is 1. The minimum atomic E-state index is -3.45. The predicted octanol–water partition coefficient (Wildman–Crippen LogP) is 2.98. The third-order valence-electron chi connectivity index (χ3n) is 5.66. The van der Waals surface area contributed by atoms with E-state index >= 15 is 0 Å². The second-order valence-corrected chi connectivity index (χ2v) is 8.93. The molecule has 4 atom stereocenters. The van der Waals surface area contributed by atoms with Crippen LogP contribution in [0.5, 0.6) is 0 Å². The molecule has 25 heavy (non-hydrogen) atoms. The molecule has 0 saturated heterocycles. The number of ether oxygens (including phenoxy) is 1. The highest BCUT2D eigenvalue weighted by Gasteiger charge is 2.81. The molecule has 2 aliphatic carbocycles. The van der Waals surface area contributed by atoms with Gasteiger partial charge in [0.1, 0.15) is 0 Å². The highest BCUT2D eigenvalue weighted by Crippen LogP contribution is 2.74. The van der Waals surface area contributed by atoms with Gasteiger partial charge in [0, 0.05) is 11.3 Å². The molecule has 4 rings (SSSR count). The summed E-state index contributed by atoms with van der Waals surface area (Å²) >= 11 is 0. The van der Waals surface area contributed by atoms with E-state index in [1.807, 2.05) is 30.3 Å². The molecular formula is C20H20O4S. The second-order valence-electron chi connectivity index (χ2n) is 6.76. The van der Waals surface area contributed by atoms with Crippen molar-refractivity contribution in [1.82, 2.24) is 0 Å². The molecule has 2 saturated carbocycles. The Balaban J connectivity index is 1.69. The average molecular weight is 356 g/mol. The lowest BCUT2D eigenvalue weighted by Gasteiger charge is -2.34. The molecule has 0 aromatic heterocycles. The molecule has 2 aromatic rings. The van der Waals surface area contributed by atoms with Gasteiger partial charge in [0.15, 0.2) is 9.84 Å². The Hall–Kier alpha value is -2.14. The van der Waals surface area contributed by atoms with Gasteiger partial charge in [-0.15, -0.1) is 0 Å². The zero-order chi connectivity index (χ0) is 17.7. The summed E-state index contributed by atoms with van der Waals surface area (Å²) < 4.78 is 31.2. The minimum absolute atomic E-state index is 0.195. The number of carbonyl (C=O) groups is 1. The summed E-state index contributed by atoms with van der Waals surface area (Å²) in [5, 5.41) is -0.524. The molecule has 0 heterocycles. The maximum Gasteiger partial charge on any atom is 0.310 e. The standard InChI is InChI=1S/C20H20O4S/c1-2-24-19(21)18-17-16(25(22,23)15-11-7-4-8-12-15)13-20(17,18)14-9-5-3-6-10-14/h3-12,16-18H,2,13H2,1H3/t16-,17?,18-,20+/m0/s1. The van der Waals surface area contributed by atoms with E-state index in [1.165, 1.54) is 0 Å². The minimum Gasteiger partial charge on any atom is -0.466 e. The van der Waals surface area contributed by atoms with Crippen LogP contribution in [0.3, 0.4) is 0 Å². The molecule has 0 aliphatic heterocycles. The highest BCUT2D eigenvalue weighted by molar-refractivity contribution is 7.92. The van der Waals surface area contributed by atoms with Gasteiger partial charge in [-0.3, -0.25) is 4.79 Å². The number of hydrogen-bond donors (Lipinski definition) is 0. The first kappa shape index (κ1) is 16.3. The van der Waals surface area contributed by atoms with Crippen LogP contribution >= 0.6 is 0 Å². The number of benzene rings is 2. The van der Waals surface area contributed by atoms with Crippen molar-refractivity contribution in [2.75, 3.05) is 6.61 Å². The van der Waals surface area contributed by atoms with Crippen molar-refractivity contribution in [1.29, 1.82) is 0 Å². The summed E-state index contributed by atoms with van der Waals surface area (Å²) in [7, 11) is -3.45. The second kappa shape index (κ2) is 5.70. The van der Waals surface area contributed by atoms with Crippen molar-refractivity contribution in [3.8, 4) is 0 Å². The first-order valence-corrected chi connectivity index (χ1v) is 10.1. The molecule has 2 aliphatic rings. The van der Waals surface area contributed by atoms with Crippen molar-refractivity contribution in [3.63, 3.8) is 0 Å². The normalized spacial score (nSPS) is 30.0. The number of sulfone groups is 1. The summed E-state index contributed by atoms with van der Waals surface area (Å²) in [5.74, 6) is -0.834. The molecule has 2 fully saturated rings. The Morgan fingerprint density at radius 3 is 2.28 bits per heavy atom. The molecule has 0 amide bonds. The van der Waals surface area contributed by atoms with E-state index in [9.17, 15) is 13.2 Å². The van der Waals surface area contributed by atoms with Gasteiger partial charge in [-0.1, -0.05) is 48.5 Å². The molecule has 0 N–H and O–H groups in total. The first-order valence-electron chi connectivity index (χ1n) is 8.54. The monoisotopic (exact) mass is 356 g/mol. The van der Waals surface area contributed by atoms with Gasteiger partial charge < -0.3 is 4.74 Å². The molecule has 0 spiro atoms. The molecule has 0 bridgehead atoms. The van der Waals surface area contributed by atoms with Gasteiger partial charge in [-0.25, -0.2) is 8.42 Å². The van der Waals surface area contributed by atoms with Gasteiger partial charge in [0.05, 0.1) is 22.7 Å². The average Bonchev–Trinajstić information content (AvgIpc) is 3.15. The number of esters is 1. The summed E-state index contributed by atoms with van der Waals surface area (Å²) in [4.78, 5) is 12.8. The SMILES string of the molecule is CCOC(=O)[C@@H]1C2[C@@H](S(=O)(=O)c3ccccc3)C[C@@]21c1ccccc1. The van der Waals surface area contributed by atoms with Gasteiger partial charge in [-0.05, 0) is 31.0 Å². The van der Waals surface area contributed by atoms with E-state index in [4.69, 9.17) is 4.74 Å². The van der Waals surface area contributed by atoms with E-state index in [2.05, 4.69) is 0 Å². The zero-order valence-corrected chi connectivity index (χ0v) is 14.8. The maximum absolute atomic E-state index is 13.0.